The molecule has 2 heteroatoms. The molecule has 0 bridgehead atoms. The van der Waals surface area contributed by atoms with Crippen LogP contribution >= 0.6 is 0 Å². The summed E-state index contributed by atoms with van der Waals surface area (Å²) >= 11 is 0. The van der Waals surface area contributed by atoms with Crippen molar-refractivity contribution in [1.82, 2.24) is 5.32 Å². The Morgan fingerprint density at radius 2 is 1.95 bits per heavy atom. The van der Waals surface area contributed by atoms with E-state index in [9.17, 15) is 0 Å². The maximum atomic E-state index is 5.53. The topological polar surface area (TPSA) is 21.3 Å². The normalized spacial score (nSPS) is 27.1. The van der Waals surface area contributed by atoms with Crippen LogP contribution in [0.5, 0.6) is 0 Å². The number of ether oxygens (including phenoxy) is 1. The number of fused-ring (bicyclic) bond motifs is 1. The Morgan fingerprint density at radius 3 is 2.76 bits per heavy atom. The van der Waals surface area contributed by atoms with Crippen LogP contribution in [0.4, 0.5) is 0 Å². The molecule has 21 heavy (non-hydrogen) atoms. The molecule has 1 aliphatic heterocycles. The number of benzene rings is 1. The first-order valence-corrected chi connectivity index (χ1v) is 8.77. The van der Waals surface area contributed by atoms with Gasteiger partial charge < -0.3 is 10.1 Å². The zero-order valence-corrected chi connectivity index (χ0v) is 13.3. The lowest BCUT2D eigenvalue weighted by Gasteiger charge is -2.32. The second-order valence-electron chi connectivity index (χ2n) is 6.68. The molecule has 2 nitrogen and oxygen atoms in total. The summed E-state index contributed by atoms with van der Waals surface area (Å²) in [5, 5.41) is 3.79. The molecule has 0 radical (unpaired) electrons. The van der Waals surface area contributed by atoms with E-state index in [1.165, 1.54) is 38.5 Å². The van der Waals surface area contributed by atoms with E-state index in [4.69, 9.17) is 4.74 Å². The lowest BCUT2D eigenvalue weighted by Crippen LogP contribution is -2.30. The van der Waals surface area contributed by atoms with E-state index in [0.717, 1.165) is 31.6 Å². The van der Waals surface area contributed by atoms with Gasteiger partial charge in [-0.1, -0.05) is 31.2 Å². The Hall–Kier alpha value is -0.860. The second kappa shape index (κ2) is 7.42. The van der Waals surface area contributed by atoms with Crippen LogP contribution in [0.2, 0.25) is 0 Å². The lowest BCUT2D eigenvalue weighted by molar-refractivity contribution is 0.0555. The van der Waals surface area contributed by atoms with E-state index < -0.39 is 0 Å². The van der Waals surface area contributed by atoms with Gasteiger partial charge >= 0.3 is 0 Å². The van der Waals surface area contributed by atoms with Gasteiger partial charge in [-0.05, 0) is 68.0 Å². The fourth-order valence-electron chi connectivity index (χ4n) is 4.20. The summed E-state index contributed by atoms with van der Waals surface area (Å²) in [5.41, 5.74) is 3.13. The fraction of sp³-hybridized carbons (Fsp3) is 0.684. The van der Waals surface area contributed by atoms with Crippen molar-refractivity contribution in [2.24, 2.45) is 11.8 Å². The molecule has 3 rings (SSSR count). The highest BCUT2D eigenvalue weighted by Crippen LogP contribution is 2.38. The number of rotatable bonds is 4. The fourth-order valence-corrected chi connectivity index (χ4v) is 4.20. The molecule has 1 saturated heterocycles. The third-order valence-corrected chi connectivity index (χ3v) is 5.28. The van der Waals surface area contributed by atoms with E-state index >= 15 is 0 Å². The van der Waals surface area contributed by atoms with Gasteiger partial charge in [0.25, 0.3) is 0 Å². The van der Waals surface area contributed by atoms with Crippen LogP contribution in [0.3, 0.4) is 0 Å². The number of nitrogens with one attached hydrogen (secondary N) is 1. The van der Waals surface area contributed by atoms with E-state index in [0.29, 0.717) is 6.04 Å². The molecule has 1 N–H and O–H groups in total. The Balaban J connectivity index is 1.77. The molecule has 2 aliphatic rings. The SMILES string of the molecule is CCNC1c2ccccc2CCCC1CC1CCOCC1. The van der Waals surface area contributed by atoms with Crippen molar-refractivity contribution in [3.05, 3.63) is 35.4 Å². The van der Waals surface area contributed by atoms with Gasteiger partial charge in [0.2, 0.25) is 0 Å². The van der Waals surface area contributed by atoms with Crippen molar-refractivity contribution >= 4 is 0 Å². The van der Waals surface area contributed by atoms with E-state index in [1.54, 1.807) is 11.1 Å². The lowest BCUT2D eigenvalue weighted by atomic mass is 9.81. The molecule has 1 heterocycles. The van der Waals surface area contributed by atoms with Crippen molar-refractivity contribution in [2.75, 3.05) is 19.8 Å². The zero-order valence-electron chi connectivity index (χ0n) is 13.3. The summed E-state index contributed by atoms with van der Waals surface area (Å²) in [5.74, 6) is 1.66. The van der Waals surface area contributed by atoms with Crippen LogP contribution in [0, 0.1) is 11.8 Å². The van der Waals surface area contributed by atoms with Gasteiger partial charge in [0, 0.05) is 19.3 Å². The third kappa shape index (κ3) is 3.67. The van der Waals surface area contributed by atoms with Gasteiger partial charge in [-0.25, -0.2) is 0 Å². The first-order chi connectivity index (χ1) is 10.4. The Kier molecular flexibility index (Phi) is 5.32. The quantitative estimate of drug-likeness (QED) is 0.842. The van der Waals surface area contributed by atoms with Crippen LogP contribution in [0.25, 0.3) is 0 Å². The highest BCUT2D eigenvalue weighted by Gasteiger charge is 2.29. The molecule has 0 saturated carbocycles. The summed E-state index contributed by atoms with van der Waals surface area (Å²) in [6.07, 6.45) is 7.85. The second-order valence-corrected chi connectivity index (χ2v) is 6.68. The maximum absolute atomic E-state index is 5.53. The van der Waals surface area contributed by atoms with Crippen molar-refractivity contribution < 1.29 is 4.74 Å². The summed E-state index contributed by atoms with van der Waals surface area (Å²) in [4.78, 5) is 0. The Labute approximate surface area is 129 Å². The van der Waals surface area contributed by atoms with E-state index in [1.807, 2.05) is 0 Å². The van der Waals surface area contributed by atoms with Crippen molar-refractivity contribution in [3.63, 3.8) is 0 Å². The minimum absolute atomic E-state index is 0.552. The summed E-state index contributed by atoms with van der Waals surface area (Å²) < 4.78 is 5.53. The van der Waals surface area contributed by atoms with Gasteiger partial charge in [-0.3, -0.25) is 0 Å². The average molecular weight is 287 g/mol. The van der Waals surface area contributed by atoms with Gasteiger partial charge in [-0.2, -0.15) is 0 Å². The largest absolute Gasteiger partial charge is 0.381 e. The van der Waals surface area contributed by atoms with Gasteiger partial charge in [-0.15, -0.1) is 0 Å². The molecule has 0 aromatic heterocycles. The van der Waals surface area contributed by atoms with Crippen molar-refractivity contribution in [3.8, 4) is 0 Å². The molecule has 2 atom stereocenters. The van der Waals surface area contributed by atoms with Crippen LogP contribution in [0.15, 0.2) is 24.3 Å². The Morgan fingerprint density at radius 1 is 1.14 bits per heavy atom. The molecule has 0 amide bonds. The van der Waals surface area contributed by atoms with E-state index in [2.05, 4.69) is 36.5 Å². The highest BCUT2D eigenvalue weighted by molar-refractivity contribution is 5.31. The van der Waals surface area contributed by atoms with Gasteiger partial charge in [0.15, 0.2) is 0 Å². The van der Waals surface area contributed by atoms with Crippen molar-refractivity contribution in [1.29, 1.82) is 0 Å². The smallest absolute Gasteiger partial charge is 0.0468 e. The van der Waals surface area contributed by atoms with Crippen LogP contribution < -0.4 is 5.32 Å². The molecule has 2 unspecified atom stereocenters. The molecule has 1 aromatic carbocycles. The highest BCUT2D eigenvalue weighted by atomic mass is 16.5. The molecule has 1 aliphatic carbocycles. The molecule has 116 valence electrons. The Bertz CT molecular complexity index is 439. The van der Waals surface area contributed by atoms with Gasteiger partial charge in [0.1, 0.15) is 0 Å². The summed E-state index contributed by atoms with van der Waals surface area (Å²) in [6.45, 7) is 5.24. The summed E-state index contributed by atoms with van der Waals surface area (Å²) in [7, 11) is 0. The first kappa shape index (κ1) is 15.1. The molecular weight excluding hydrogens is 258 g/mol. The standard InChI is InChI=1S/C19H29NO/c1-2-20-19-17(14-15-10-12-21-13-11-15)8-5-7-16-6-3-4-9-18(16)19/h3-4,6,9,15,17,19-20H,2,5,7-8,10-14H2,1H3. The minimum Gasteiger partial charge on any atom is -0.381 e. The van der Waals surface area contributed by atoms with Crippen LogP contribution in [-0.4, -0.2) is 19.8 Å². The number of hydrogen-bond acceptors (Lipinski definition) is 2. The predicted octanol–water partition coefficient (Wildman–Crippen LogP) is 4.11. The average Bonchev–Trinajstić information content (AvgIpc) is 2.69. The van der Waals surface area contributed by atoms with Gasteiger partial charge in [0.05, 0.1) is 0 Å². The molecule has 1 aromatic rings. The summed E-state index contributed by atoms with van der Waals surface area (Å²) in [6, 6.07) is 9.64. The maximum Gasteiger partial charge on any atom is 0.0468 e. The molecule has 1 fully saturated rings. The third-order valence-electron chi connectivity index (χ3n) is 5.28. The number of hydrogen-bond donors (Lipinski definition) is 1. The van der Waals surface area contributed by atoms with Crippen LogP contribution in [0.1, 0.15) is 56.2 Å². The minimum atomic E-state index is 0.552. The number of aryl methyl sites for hydroxylation is 1. The predicted molar refractivity (Wildman–Crippen MR) is 87.4 cm³/mol. The molecular formula is C19H29NO. The first-order valence-electron chi connectivity index (χ1n) is 8.77. The molecule has 0 spiro atoms. The van der Waals surface area contributed by atoms with Crippen LogP contribution in [-0.2, 0) is 11.2 Å². The monoisotopic (exact) mass is 287 g/mol. The van der Waals surface area contributed by atoms with Crippen molar-refractivity contribution in [2.45, 2.75) is 51.5 Å². The van der Waals surface area contributed by atoms with E-state index in [-0.39, 0.29) is 0 Å². The zero-order chi connectivity index (χ0) is 14.5.